The van der Waals surface area contributed by atoms with E-state index < -0.39 is 5.54 Å². The number of likely N-dealkylation sites (N-methyl/N-ethyl adjacent to an activating group) is 1. The third-order valence-corrected chi connectivity index (χ3v) is 4.79. The average Bonchev–Trinajstić information content (AvgIpc) is 2.76. The lowest BCUT2D eigenvalue weighted by Crippen LogP contribution is -2.60. The molecule has 0 aromatic heterocycles. The molecule has 104 valence electrons. The summed E-state index contributed by atoms with van der Waals surface area (Å²) in [6.07, 6.45) is 6.69. The van der Waals surface area contributed by atoms with Gasteiger partial charge >= 0.3 is 0 Å². The van der Waals surface area contributed by atoms with Gasteiger partial charge in [-0.15, -0.1) is 0 Å². The van der Waals surface area contributed by atoms with Crippen molar-refractivity contribution < 1.29 is 4.79 Å². The zero-order valence-electron chi connectivity index (χ0n) is 11.7. The maximum absolute atomic E-state index is 11.8. The van der Waals surface area contributed by atoms with Crippen LogP contribution in [0, 0.1) is 0 Å². The predicted octanol–water partition coefficient (Wildman–Crippen LogP) is 1.25. The lowest BCUT2D eigenvalue weighted by Gasteiger charge is -2.43. The Kier molecular flexibility index (Phi) is 4.28. The molecule has 18 heavy (non-hydrogen) atoms. The van der Waals surface area contributed by atoms with E-state index in [4.69, 9.17) is 5.73 Å². The number of nitrogens with two attached hydrogens (primary N) is 1. The van der Waals surface area contributed by atoms with Crippen molar-refractivity contribution in [2.45, 2.75) is 70.0 Å². The molecule has 2 fully saturated rings. The first kappa shape index (κ1) is 13.8. The van der Waals surface area contributed by atoms with Crippen LogP contribution in [0.4, 0.5) is 0 Å². The Morgan fingerprint density at radius 1 is 1.44 bits per heavy atom. The molecule has 0 aromatic carbocycles. The van der Waals surface area contributed by atoms with Gasteiger partial charge < -0.3 is 11.1 Å². The normalized spacial score (nSPS) is 37.9. The van der Waals surface area contributed by atoms with Crippen LogP contribution in [-0.4, -0.2) is 41.5 Å². The molecule has 3 unspecified atom stereocenters. The predicted molar refractivity (Wildman–Crippen MR) is 73.3 cm³/mol. The number of amides is 1. The van der Waals surface area contributed by atoms with Gasteiger partial charge in [0, 0.05) is 12.1 Å². The first-order valence-corrected chi connectivity index (χ1v) is 7.40. The lowest BCUT2D eigenvalue weighted by molar-refractivity contribution is -0.126. The number of nitrogens with zero attached hydrogens (tertiary/aromatic N) is 1. The number of carbonyl (C=O) groups excluding carboxylic acids is 1. The summed E-state index contributed by atoms with van der Waals surface area (Å²) in [7, 11) is 0. The molecule has 0 aromatic rings. The molecule has 3 atom stereocenters. The van der Waals surface area contributed by atoms with Gasteiger partial charge in [-0.25, -0.2) is 0 Å². The van der Waals surface area contributed by atoms with Gasteiger partial charge in [-0.1, -0.05) is 6.92 Å². The van der Waals surface area contributed by atoms with Crippen LogP contribution in [0.3, 0.4) is 0 Å². The molecule has 4 heteroatoms. The third kappa shape index (κ3) is 2.54. The van der Waals surface area contributed by atoms with Crippen LogP contribution >= 0.6 is 0 Å². The first-order chi connectivity index (χ1) is 8.59. The van der Waals surface area contributed by atoms with Crippen LogP contribution in [0.5, 0.6) is 0 Å². The number of rotatable bonds is 4. The molecule has 0 radical (unpaired) electrons. The second kappa shape index (κ2) is 5.57. The zero-order chi connectivity index (χ0) is 13.2. The quantitative estimate of drug-likeness (QED) is 0.792. The smallest absolute Gasteiger partial charge is 0.237 e. The molecule has 1 aliphatic heterocycles. The highest BCUT2D eigenvalue weighted by Gasteiger charge is 2.43. The Hall–Kier alpha value is -0.610. The van der Waals surface area contributed by atoms with Gasteiger partial charge in [-0.05, 0) is 58.5 Å². The number of primary amides is 1. The molecule has 1 saturated carbocycles. The van der Waals surface area contributed by atoms with Crippen molar-refractivity contribution in [2.75, 3.05) is 13.1 Å². The van der Waals surface area contributed by atoms with Crippen molar-refractivity contribution in [1.29, 1.82) is 0 Å². The Morgan fingerprint density at radius 3 is 2.78 bits per heavy atom. The molecular weight excluding hydrogens is 226 g/mol. The van der Waals surface area contributed by atoms with Gasteiger partial charge in [0.25, 0.3) is 0 Å². The summed E-state index contributed by atoms with van der Waals surface area (Å²) in [4.78, 5) is 14.4. The summed E-state index contributed by atoms with van der Waals surface area (Å²) < 4.78 is 0. The fourth-order valence-corrected chi connectivity index (χ4v) is 3.84. The average molecular weight is 253 g/mol. The minimum atomic E-state index is -0.458. The van der Waals surface area contributed by atoms with Crippen LogP contribution < -0.4 is 11.1 Å². The Labute approximate surface area is 110 Å². The first-order valence-electron chi connectivity index (χ1n) is 7.40. The fourth-order valence-electron chi connectivity index (χ4n) is 3.84. The molecule has 1 amide bonds. The second-order valence-electron chi connectivity index (χ2n) is 5.96. The summed E-state index contributed by atoms with van der Waals surface area (Å²) in [6, 6.07) is 1.20. The molecule has 0 bridgehead atoms. The largest absolute Gasteiger partial charge is 0.368 e. The standard InChI is InChI=1S/C14H27N3O/c1-3-16-14(13(15)18)8-4-7-12(10-14)17-9-5-6-11(17)2/h11-12,16H,3-10H2,1-2H3,(H2,15,18). The van der Waals surface area contributed by atoms with Crippen molar-refractivity contribution >= 4 is 5.91 Å². The monoisotopic (exact) mass is 253 g/mol. The Bertz CT molecular complexity index is 303. The summed E-state index contributed by atoms with van der Waals surface area (Å²) in [5.74, 6) is -0.166. The summed E-state index contributed by atoms with van der Waals surface area (Å²) in [5.41, 5.74) is 5.21. The topological polar surface area (TPSA) is 58.4 Å². The van der Waals surface area contributed by atoms with Crippen LogP contribution in [0.15, 0.2) is 0 Å². The maximum atomic E-state index is 11.8. The van der Waals surface area contributed by atoms with Gasteiger partial charge in [0.05, 0.1) is 5.54 Å². The van der Waals surface area contributed by atoms with E-state index in [-0.39, 0.29) is 5.91 Å². The van der Waals surface area contributed by atoms with Crippen molar-refractivity contribution in [3.05, 3.63) is 0 Å². The second-order valence-corrected chi connectivity index (χ2v) is 5.96. The van der Waals surface area contributed by atoms with E-state index in [1.165, 1.54) is 25.8 Å². The molecular formula is C14H27N3O. The van der Waals surface area contributed by atoms with Gasteiger partial charge in [0.15, 0.2) is 0 Å². The molecule has 3 N–H and O–H groups in total. The van der Waals surface area contributed by atoms with E-state index >= 15 is 0 Å². The highest BCUT2D eigenvalue weighted by Crippen LogP contribution is 2.34. The maximum Gasteiger partial charge on any atom is 0.237 e. The minimum Gasteiger partial charge on any atom is -0.368 e. The summed E-state index contributed by atoms with van der Waals surface area (Å²) >= 11 is 0. The third-order valence-electron chi connectivity index (χ3n) is 4.79. The highest BCUT2D eigenvalue weighted by molar-refractivity contribution is 5.84. The van der Waals surface area contributed by atoms with Gasteiger partial charge in [0.1, 0.15) is 0 Å². The van der Waals surface area contributed by atoms with Crippen molar-refractivity contribution in [3.63, 3.8) is 0 Å². The number of likely N-dealkylation sites (tertiary alicyclic amines) is 1. The van der Waals surface area contributed by atoms with Crippen LogP contribution in [0.25, 0.3) is 0 Å². The molecule has 4 nitrogen and oxygen atoms in total. The van der Waals surface area contributed by atoms with E-state index in [1.54, 1.807) is 0 Å². The molecule has 2 rings (SSSR count). The molecule has 0 spiro atoms. The minimum absolute atomic E-state index is 0.166. The van der Waals surface area contributed by atoms with Crippen LogP contribution in [-0.2, 0) is 4.79 Å². The van der Waals surface area contributed by atoms with E-state index in [2.05, 4.69) is 17.1 Å². The van der Waals surface area contributed by atoms with Gasteiger partial charge in [-0.3, -0.25) is 9.69 Å². The van der Waals surface area contributed by atoms with Crippen LogP contribution in [0.1, 0.15) is 52.4 Å². The number of hydrogen-bond acceptors (Lipinski definition) is 3. The molecule has 1 heterocycles. The van der Waals surface area contributed by atoms with Crippen molar-refractivity contribution in [1.82, 2.24) is 10.2 Å². The number of nitrogens with one attached hydrogen (secondary N) is 1. The SMILES string of the molecule is CCNC1(C(N)=O)CCCC(N2CCCC2C)C1. The summed E-state index contributed by atoms with van der Waals surface area (Å²) in [6.45, 7) is 6.35. The Morgan fingerprint density at radius 2 is 2.22 bits per heavy atom. The van der Waals surface area contributed by atoms with Crippen molar-refractivity contribution in [3.8, 4) is 0 Å². The molecule has 1 aliphatic carbocycles. The van der Waals surface area contributed by atoms with Gasteiger partial charge in [-0.2, -0.15) is 0 Å². The van der Waals surface area contributed by atoms with E-state index in [0.717, 1.165) is 25.8 Å². The Balaban J connectivity index is 2.08. The van der Waals surface area contributed by atoms with E-state index in [9.17, 15) is 4.79 Å². The van der Waals surface area contributed by atoms with E-state index in [1.807, 2.05) is 6.92 Å². The van der Waals surface area contributed by atoms with Crippen LogP contribution in [0.2, 0.25) is 0 Å². The zero-order valence-corrected chi connectivity index (χ0v) is 11.7. The summed E-state index contributed by atoms with van der Waals surface area (Å²) in [5, 5.41) is 3.36. The van der Waals surface area contributed by atoms with E-state index in [0.29, 0.717) is 12.1 Å². The lowest BCUT2D eigenvalue weighted by atomic mass is 9.77. The molecule has 2 aliphatic rings. The molecule has 1 saturated heterocycles. The number of carbonyl (C=O) groups is 1. The highest BCUT2D eigenvalue weighted by atomic mass is 16.1. The number of hydrogen-bond donors (Lipinski definition) is 2. The van der Waals surface area contributed by atoms with Gasteiger partial charge in [0.2, 0.25) is 5.91 Å². The van der Waals surface area contributed by atoms with Crippen molar-refractivity contribution in [2.24, 2.45) is 5.73 Å². The fraction of sp³-hybridized carbons (Fsp3) is 0.929.